The molecule has 2 aromatic carbocycles. The largest absolute Gasteiger partial charge is 0.573 e. The molecular formula is C21H20F3N3O3. The van der Waals surface area contributed by atoms with Crippen molar-refractivity contribution in [2.24, 2.45) is 5.10 Å². The van der Waals surface area contributed by atoms with Gasteiger partial charge in [-0.3, -0.25) is 9.59 Å². The smallest absolute Gasteiger partial charge is 0.405 e. The van der Waals surface area contributed by atoms with Crippen LogP contribution in [-0.4, -0.2) is 35.4 Å². The number of ether oxygens (including phenoxy) is 1. The van der Waals surface area contributed by atoms with Crippen molar-refractivity contribution >= 4 is 17.5 Å². The Kier molecular flexibility index (Phi) is 6.71. The summed E-state index contributed by atoms with van der Waals surface area (Å²) < 4.78 is 41.3. The number of para-hydroxylation sites is 1. The van der Waals surface area contributed by atoms with Crippen LogP contribution in [0.5, 0.6) is 5.75 Å². The van der Waals surface area contributed by atoms with E-state index in [1.807, 2.05) is 30.3 Å². The van der Waals surface area contributed by atoms with Crippen LogP contribution in [0, 0.1) is 0 Å². The summed E-state index contributed by atoms with van der Waals surface area (Å²) in [5.74, 6) is -1.10. The van der Waals surface area contributed by atoms with Gasteiger partial charge in [0.1, 0.15) is 5.75 Å². The SMILES string of the molecule is O=C(CCC(=O)N1CCC(c2ccccc2)=N1)NCc1ccccc1OC(F)(F)F. The van der Waals surface area contributed by atoms with Gasteiger partial charge in [-0.1, -0.05) is 48.5 Å². The molecule has 0 atom stereocenters. The number of rotatable bonds is 7. The number of benzene rings is 2. The maximum absolute atomic E-state index is 12.5. The predicted molar refractivity (Wildman–Crippen MR) is 104 cm³/mol. The van der Waals surface area contributed by atoms with E-state index >= 15 is 0 Å². The normalized spacial score (nSPS) is 13.7. The third-order valence-corrected chi connectivity index (χ3v) is 4.44. The summed E-state index contributed by atoms with van der Waals surface area (Å²) in [6.07, 6.45) is -4.31. The third kappa shape index (κ3) is 6.07. The summed E-state index contributed by atoms with van der Waals surface area (Å²) in [4.78, 5) is 24.3. The lowest BCUT2D eigenvalue weighted by atomic mass is 10.1. The molecule has 0 radical (unpaired) electrons. The fourth-order valence-corrected chi connectivity index (χ4v) is 2.98. The number of halogens is 3. The second-order valence-electron chi connectivity index (χ2n) is 6.61. The van der Waals surface area contributed by atoms with Gasteiger partial charge in [0.15, 0.2) is 0 Å². The molecule has 6 nitrogen and oxygen atoms in total. The highest BCUT2D eigenvalue weighted by atomic mass is 19.4. The van der Waals surface area contributed by atoms with Crippen LogP contribution in [0.15, 0.2) is 59.7 Å². The van der Waals surface area contributed by atoms with Crippen molar-refractivity contribution in [3.05, 3.63) is 65.7 Å². The van der Waals surface area contributed by atoms with E-state index in [1.54, 1.807) is 6.07 Å². The Morgan fingerprint density at radius 3 is 2.47 bits per heavy atom. The van der Waals surface area contributed by atoms with Gasteiger partial charge >= 0.3 is 6.36 Å². The minimum Gasteiger partial charge on any atom is -0.405 e. The summed E-state index contributed by atoms with van der Waals surface area (Å²) in [5.41, 5.74) is 1.95. The number of amides is 2. The molecule has 1 aliphatic heterocycles. The average Bonchev–Trinajstić information content (AvgIpc) is 3.21. The number of hydrogen-bond acceptors (Lipinski definition) is 4. The van der Waals surface area contributed by atoms with Crippen LogP contribution in [0.3, 0.4) is 0 Å². The first-order valence-corrected chi connectivity index (χ1v) is 9.35. The van der Waals surface area contributed by atoms with E-state index in [9.17, 15) is 22.8 Å². The molecule has 2 amide bonds. The van der Waals surface area contributed by atoms with Gasteiger partial charge < -0.3 is 10.1 Å². The van der Waals surface area contributed by atoms with E-state index < -0.39 is 12.3 Å². The lowest BCUT2D eigenvalue weighted by molar-refractivity contribution is -0.274. The van der Waals surface area contributed by atoms with E-state index in [4.69, 9.17) is 0 Å². The third-order valence-electron chi connectivity index (χ3n) is 4.44. The van der Waals surface area contributed by atoms with Crippen molar-refractivity contribution in [2.75, 3.05) is 6.54 Å². The van der Waals surface area contributed by atoms with Crippen molar-refractivity contribution in [1.82, 2.24) is 10.3 Å². The fraction of sp³-hybridized carbons (Fsp3) is 0.286. The molecule has 2 aromatic rings. The lowest BCUT2D eigenvalue weighted by Gasteiger charge is -2.14. The first-order valence-electron chi connectivity index (χ1n) is 9.35. The molecule has 3 rings (SSSR count). The Hall–Kier alpha value is -3.36. The minimum absolute atomic E-state index is 0.0436. The van der Waals surface area contributed by atoms with Crippen LogP contribution in [0.2, 0.25) is 0 Å². The number of alkyl halides is 3. The molecule has 1 N–H and O–H groups in total. The maximum atomic E-state index is 12.5. The number of hydrogen-bond donors (Lipinski definition) is 1. The van der Waals surface area contributed by atoms with Gasteiger partial charge in [-0.05, 0) is 11.6 Å². The molecule has 9 heteroatoms. The molecule has 0 bridgehead atoms. The molecule has 0 aromatic heterocycles. The standard InChI is InChI=1S/C21H20F3N3O3/c22-21(23,24)30-18-9-5-4-8-16(18)14-25-19(28)10-11-20(29)27-13-12-17(26-27)15-6-2-1-3-7-15/h1-9H,10-14H2,(H,25,28). The topological polar surface area (TPSA) is 71.0 Å². The van der Waals surface area contributed by atoms with Crippen molar-refractivity contribution in [2.45, 2.75) is 32.2 Å². The van der Waals surface area contributed by atoms with Crippen molar-refractivity contribution < 1.29 is 27.5 Å². The molecule has 1 heterocycles. The molecule has 0 saturated carbocycles. The Balaban J connectivity index is 1.48. The number of nitrogens with one attached hydrogen (secondary N) is 1. The predicted octanol–water partition coefficient (Wildman–Crippen LogP) is 3.62. The van der Waals surface area contributed by atoms with Crippen molar-refractivity contribution in [3.8, 4) is 5.75 Å². The monoisotopic (exact) mass is 419 g/mol. The number of carbonyl (C=O) groups is 2. The summed E-state index contributed by atoms with van der Waals surface area (Å²) in [5, 5.41) is 8.18. The highest BCUT2D eigenvalue weighted by Gasteiger charge is 2.32. The number of hydrazone groups is 1. The Labute approximate surface area is 171 Å². The lowest BCUT2D eigenvalue weighted by Crippen LogP contribution is -2.28. The van der Waals surface area contributed by atoms with Crippen LogP contribution < -0.4 is 10.1 Å². The van der Waals surface area contributed by atoms with E-state index in [1.165, 1.54) is 23.2 Å². The quantitative estimate of drug-likeness (QED) is 0.745. The van der Waals surface area contributed by atoms with Gasteiger partial charge in [-0.2, -0.15) is 5.10 Å². The van der Waals surface area contributed by atoms with Crippen LogP contribution in [-0.2, 0) is 16.1 Å². The highest BCUT2D eigenvalue weighted by Crippen LogP contribution is 2.26. The molecule has 158 valence electrons. The zero-order chi connectivity index (χ0) is 21.6. The molecule has 0 unspecified atom stereocenters. The molecule has 1 aliphatic rings. The first kappa shape index (κ1) is 21.4. The van der Waals surface area contributed by atoms with Crippen molar-refractivity contribution in [3.63, 3.8) is 0 Å². The maximum Gasteiger partial charge on any atom is 0.573 e. The van der Waals surface area contributed by atoms with Gasteiger partial charge in [0.05, 0.1) is 12.3 Å². The molecule has 30 heavy (non-hydrogen) atoms. The van der Waals surface area contributed by atoms with Crippen LogP contribution >= 0.6 is 0 Å². The number of carbonyl (C=O) groups excluding carboxylic acids is 2. The molecule has 0 aliphatic carbocycles. The van der Waals surface area contributed by atoms with Gasteiger partial charge in [0.25, 0.3) is 0 Å². The summed E-state index contributed by atoms with van der Waals surface area (Å²) in [6, 6.07) is 15.1. The Bertz CT molecular complexity index is 930. The van der Waals surface area contributed by atoms with Crippen molar-refractivity contribution in [1.29, 1.82) is 0 Å². The Morgan fingerprint density at radius 2 is 1.73 bits per heavy atom. The van der Waals surface area contributed by atoms with Gasteiger partial charge in [-0.25, -0.2) is 5.01 Å². The molecule has 0 fully saturated rings. The minimum atomic E-state index is -4.82. The second kappa shape index (κ2) is 9.43. The second-order valence-corrected chi connectivity index (χ2v) is 6.61. The molecular weight excluding hydrogens is 399 g/mol. The zero-order valence-electron chi connectivity index (χ0n) is 16.0. The van der Waals surface area contributed by atoms with Gasteiger partial charge in [-0.15, -0.1) is 13.2 Å². The summed E-state index contributed by atoms with van der Waals surface area (Å²) >= 11 is 0. The Morgan fingerprint density at radius 1 is 1.03 bits per heavy atom. The first-order chi connectivity index (χ1) is 14.3. The van der Waals surface area contributed by atoms with Crippen LogP contribution in [0.1, 0.15) is 30.4 Å². The van der Waals surface area contributed by atoms with Gasteiger partial charge in [0, 0.05) is 31.4 Å². The summed E-state index contributed by atoms with van der Waals surface area (Å²) in [6.45, 7) is 0.312. The average molecular weight is 419 g/mol. The zero-order valence-corrected chi connectivity index (χ0v) is 16.0. The molecule has 0 spiro atoms. The summed E-state index contributed by atoms with van der Waals surface area (Å²) in [7, 11) is 0. The van der Waals surface area contributed by atoms with E-state index in [-0.39, 0.29) is 36.6 Å². The molecule has 0 saturated heterocycles. The van der Waals surface area contributed by atoms with Gasteiger partial charge in [0.2, 0.25) is 11.8 Å². The number of nitrogens with zero attached hydrogens (tertiary/aromatic N) is 2. The van der Waals surface area contributed by atoms with Crippen LogP contribution in [0.4, 0.5) is 13.2 Å². The van der Waals surface area contributed by atoms with E-state index in [0.29, 0.717) is 13.0 Å². The fourth-order valence-electron chi connectivity index (χ4n) is 2.98. The van der Waals surface area contributed by atoms with E-state index in [0.717, 1.165) is 11.3 Å². The van der Waals surface area contributed by atoms with Crippen LogP contribution in [0.25, 0.3) is 0 Å². The van der Waals surface area contributed by atoms with E-state index in [2.05, 4.69) is 15.2 Å². The highest BCUT2D eigenvalue weighted by molar-refractivity contribution is 6.02.